The van der Waals surface area contributed by atoms with Gasteiger partial charge >= 0.3 is 0 Å². The molecular formula is C10H13BrF2N2O3S. The van der Waals surface area contributed by atoms with Gasteiger partial charge in [-0.05, 0) is 34.1 Å². The van der Waals surface area contributed by atoms with Crippen molar-refractivity contribution in [3.05, 3.63) is 22.7 Å². The summed E-state index contributed by atoms with van der Waals surface area (Å²) in [6.07, 6.45) is 0. The number of alkyl halides is 2. The van der Waals surface area contributed by atoms with Gasteiger partial charge in [-0.15, -0.1) is 0 Å². The highest BCUT2D eigenvalue weighted by atomic mass is 79.9. The van der Waals surface area contributed by atoms with E-state index in [0.29, 0.717) is 10.2 Å². The summed E-state index contributed by atoms with van der Waals surface area (Å²) in [4.78, 5) is -0.145. The number of hydrogen-bond donors (Lipinski definition) is 2. The van der Waals surface area contributed by atoms with E-state index >= 15 is 0 Å². The quantitative estimate of drug-likeness (QED) is 0.803. The number of methoxy groups -OCH3 is 1. The van der Waals surface area contributed by atoms with Crippen LogP contribution < -0.4 is 15.2 Å². The molecule has 0 bridgehead atoms. The van der Waals surface area contributed by atoms with Gasteiger partial charge in [0.15, 0.2) is 0 Å². The molecule has 0 saturated heterocycles. The molecule has 9 heteroatoms. The standard InChI is InChI=1S/C10H13BrF2N2O3S/c1-18-9-3-2-7(4-8(9)11)19(16,17)15-6-10(12,13)5-14/h2-4,15H,5-6,14H2,1H3. The lowest BCUT2D eigenvalue weighted by Crippen LogP contribution is -2.41. The van der Waals surface area contributed by atoms with Crippen LogP contribution in [0.3, 0.4) is 0 Å². The fourth-order valence-electron chi connectivity index (χ4n) is 1.17. The maximum Gasteiger partial charge on any atom is 0.273 e. The van der Waals surface area contributed by atoms with E-state index in [1.54, 1.807) is 0 Å². The molecule has 0 spiro atoms. The Labute approximate surface area is 118 Å². The number of sulfonamides is 1. The van der Waals surface area contributed by atoms with Crippen molar-refractivity contribution >= 4 is 26.0 Å². The monoisotopic (exact) mass is 358 g/mol. The minimum atomic E-state index is -4.02. The van der Waals surface area contributed by atoms with Crippen LogP contribution >= 0.6 is 15.9 Å². The maximum atomic E-state index is 12.9. The lowest BCUT2D eigenvalue weighted by atomic mass is 10.3. The molecule has 0 saturated carbocycles. The second-order valence-corrected chi connectivity index (χ2v) is 6.30. The Balaban J connectivity index is 2.92. The minimum Gasteiger partial charge on any atom is -0.496 e. The van der Waals surface area contributed by atoms with E-state index in [1.807, 2.05) is 4.72 Å². The lowest BCUT2D eigenvalue weighted by Gasteiger charge is -2.15. The highest BCUT2D eigenvalue weighted by Gasteiger charge is 2.29. The molecular weight excluding hydrogens is 346 g/mol. The van der Waals surface area contributed by atoms with Gasteiger partial charge in [-0.25, -0.2) is 21.9 Å². The number of ether oxygens (including phenoxy) is 1. The van der Waals surface area contributed by atoms with Crippen LogP contribution in [-0.4, -0.2) is 34.5 Å². The van der Waals surface area contributed by atoms with Crippen molar-refractivity contribution in [3.63, 3.8) is 0 Å². The fourth-order valence-corrected chi connectivity index (χ4v) is 2.95. The number of halogens is 3. The fraction of sp³-hybridized carbons (Fsp3) is 0.400. The SMILES string of the molecule is COc1ccc(S(=O)(=O)NCC(F)(F)CN)cc1Br. The van der Waals surface area contributed by atoms with Gasteiger partial charge in [0, 0.05) is 0 Å². The first-order valence-electron chi connectivity index (χ1n) is 5.13. The summed E-state index contributed by atoms with van der Waals surface area (Å²) < 4.78 is 56.6. The number of hydrogen-bond acceptors (Lipinski definition) is 4. The van der Waals surface area contributed by atoms with E-state index in [-0.39, 0.29) is 4.90 Å². The van der Waals surface area contributed by atoms with Crippen molar-refractivity contribution in [3.8, 4) is 5.75 Å². The van der Waals surface area contributed by atoms with Gasteiger partial charge in [0.2, 0.25) is 10.0 Å². The first kappa shape index (κ1) is 16.3. The third kappa shape index (κ3) is 4.37. The first-order valence-corrected chi connectivity index (χ1v) is 7.40. The van der Waals surface area contributed by atoms with Crippen molar-refractivity contribution in [2.75, 3.05) is 20.2 Å². The molecule has 5 nitrogen and oxygen atoms in total. The molecule has 0 aliphatic rings. The van der Waals surface area contributed by atoms with Gasteiger partial charge in [0.1, 0.15) is 5.75 Å². The summed E-state index contributed by atoms with van der Waals surface area (Å²) in [7, 11) is -2.60. The second kappa shape index (κ2) is 6.12. The average molecular weight is 359 g/mol. The Hall–Kier alpha value is -0.770. The molecule has 0 atom stereocenters. The highest BCUT2D eigenvalue weighted by Crippen LogP contribution is 2.27. The summed E-state index contributed by atoms with van der Waals surface area (Å²) in [5.74, 6) is -2.84. The van der Waals surface area contributed by atoms with Crippen LogP contribution in [0.2, 0.25) is 0 Å². The van der Waals surface area contributed by atoms with Gasteiger partial charge in [0.25, 0.3) is 5.92 Å². The van der Waals surface area contributed by atoms with E-state index in [0.717, 1.165) is 0 Å². The number of nitrogens with one attached hydrogen (secondary N) is 1. The number of benzene rings is 1. The van der Waals surface area contributed by atoms with Gasteiger partial charge in [-0.1, -0.05) is 0 Å². The Bertz CT molecular complexity index is 552. The zero-order chi connectivity index (χ0) is 14.7. The van der Waals surface area contributed by atoms with E-state index in [9.17, 15) is 17.2 Å². The van der Waals surface area contributed by atoms with E-state index < -0.39 is 29.0 Å². The van der Waals surface area contributed by atoms with Crippen LogP contribution in [0.4, 0.5) is 8.78 Å². The van der Waals surface area contributed by atoms with E-state index in [1.165, 1.54) is 25.3 Å². The van der Waals surface area contributed by atoms with Crippen molar-refractivity contribution in [2.24, 2.45) is 5.73 Å². The largest absolute Gasteiger partial charge is 0.496 e. The smallest absolute Gasteiger partial charge is 0.273 e. The Kier molecular flexibility index (Phi) is 5.25. The molecule has 19 heavy (non-hydrogen) atoms. The maximum absolute atomic E-state index is 12.9. The molecule has 0 radical (unpaired) electrons. The number of nitrogens with two attached hydrogens (primary N) is 1. The van der Waals surface area contributed by atoms with Gasteiger partial charge in [0.05, 0.1) is 29.6 Å². The normalized spacial score (nSPS) is 12.5. The molecule has 0 aromatic heterocycles. The molecule has 0 heterocycles. The van der Waals surface area contributed by atoms with Gasteiger partial charge in [-0.2, -0.15) is 0 Å². The molecule has 1 rings (SSSR count). The van der Waals surface area contributed by atoms with Crippen molar-refractivity contribution in [1.82, 2.24) is 4.72 Å². The van der Waals surface area contributed by atoms with E-state index in [4.69, 9.17) is 10.5 Å². The molecule has 3 N–H and O–H groups in total. The summed E-state index contributed by atoms with van der Waals surface area (Å²) in [5.41, 5.74) is 4.83. The predicted molar refractivity (Wildman–Crippen MR) is 69.9 cm³/mol. The molecule has 1 aromatic rings. The zero-order valence-electron chi connectivity index (χ0n) is 9.99. The third-order valence-corrected chi connectivity index (χ3v) is 4.27. The van der Waals surface area contributed by atoms with Crippen molar-refractivity contribution < 1.29 is 21.9 Å². The summed E-state index contributed by atoms with van der Waals surface area (Å²) in [6.45, 7) is -1.97. The molecule has 0 aliphatic carbocycles. The molecule has 0 aliphatic heterocycles. The van der Waals surface area contributed by atoms with Crippen LogP contribution in [0.1, 0.15) is 0 Å². The Morgan fingerprint density at radius 2 is 2.11 bits per heavy atom. The molecule has 0 amide bonds. The first-order chi connectivity index (χ1) is 8.72. The average Bonchev–Trinajstić information content (AvgIpc) is 2.36. The van der Waals surface area contributed by atoms with E-state index in [2.05, 4.69) is 15.9 Å². The van der Waals surface area contributed by atoms with Crippen LogP contribution in [0.5, 0.6) is 5.75 Å². The van der Waals surface area contributed by atoms with Crippen LogP contribution in [0.15, 0.2) is 27.6 Å². The van der Waals surface area contributed by atoms with Crippen molar-refractivity contribution in [1.29, 1.82) is 0 Å². The Morgan fingerprint density at radius 3 is 2.58 bits per heavy atom. The second-order valence-electron chi connectivity index (χ2n) is 3.68. The van der Waals surface area contributed by atoms with Gasteiger partial charge < -0.3 is 10.5 Å². The summed E-state index contributed by atoms with van der Waals surface area (Å²) in [6, 6.07) is 3.94. The minimum absolute atomic E-state index is 0.145. The van der Waals surface area contributed by atoms with Crippen LogP contribution in [0.25, 0.3) is 0 Å². The molecule has 108 valence electrons. The predicted octanol–water partition coefficient (Wildman–Crippen LogP) is 1.33. The van der Waals surface area contributed by atoms with Crippen LogP contribution in [0, 0.1) is 0 Å². The third-order valence-electron chi connectivity index (χ3n) is 2.25. The van der Waals surface area contributed by atoms with Crippen LogP contribution in [-0.2, 0) is 10.0 Å². The van der Waals surface area contributed by atoms with Gasteiger partial charge in [-0.3, -0.25) is 0 Å². The molecule has 1 aromatic carbocycles. The van der Waals surface area contributed by atoms with Crippen molar-refractivity contribution in [2.45, 2.75) is 10.8 Å². The molecule has 0 unspecified atom stereocenters. The topological polar surface area (TPSA) is 81.4 Å². The lowest BCUT2D eigenvalue weighted by molar-refractivity contribution is 0.0170. The summed E-state index contributed by atoms with van der Waals surface area (Å²) >= 11 is 3.12. The Morgan fingerprint density at radius 1 is 1.47 bits per heavy atom. The summed E-state index contributed by atoms with van der Waals surface area (Å²) in [5, 5.41) is 0. The molecule has 0 fully saturated rings. The highest BCUT2D eigenvalue weighted by molar-refractivity contribution is 9.10. The number of rotatable bonds is 6. The zero-order valence-corrected chi connectivity index (χ0v) is 12.4.